The van der Waals surface area contributed by atoms with E-state index in [1.54, 1.807) is 4.68 Å². The Labute approximate surface area is 73.6 Å². The van der Waals surface area contributed by atoms with Gasteiger partial charge in [-0.2, -0.15) is 0 Å². The van der Waals surface area contributed by atoms with Gasteiger partial charge in [0.1, 0.15) is 0 Å². The number of hydrogen-bond donors (Lipinski definition) is 1. The lowest BCUT2D eigenvalue weighted by atomic mass is 10.4. The normalized spacial score (nSPS) is 11.3. The van der Waals surface area contributed by atoms with Gasteiger partial charge in [0.15, 0.2) is 11.2 Å². The SMILES string of the molecule is CC(C)n1nnc2c(=O)[nH]cnc21. The van der Waals surface area contributed by atoms with Crippen LogP contribution in [0.25, 0.3) is 11.2 Å². The van der Waals surface area contributed by atoms with Crippen LogP contribution in [0.3, 0.4) is 0 Å². The van der Waals surface area contributed by atoms with E-state index in [2.05, 4.69) is 20.3 Å². The number of aromatic amines is 1. The van der Waals surface area contributed by atoms with Crippen LogP contribution in [0.2, 0.25) is 0 Å². The monoisotopic (exact) mass is 179 g/mol. The van der Waals surface area contributed by atoms with Gasteiger partial charge in [-0.05, 0) is 13.8 Å². The summed E-state index contributed by atoms with van der Waals surface area (Å²) in [6.45, 7) is 3.91. The van der Waals surface area contributed by atoms with E-state index in [-0.39, 0.29) is 17.1 Å². The summed E-state index contributed by atoms with van der Waals surface area (Å²) >= 11 is 0. The molecule has 0 fully saturated rings. The van der Waals surface area contributed by atoms with Crippen molar-refractivity contribution < 1.29 is 0 Å². The molecule has 2 aromatic heterocycles. The number of nitrogens with one attached hydrogen (secondary N) is 1. The molecule has 2 rings (SSSR count). The van der Waals surface area contributed by atoms with Crippen LogP contribution in [0, 0.1) is 0 Å². The van der Waals surface area contributed by atoms with E-state index >= 15 is 0 Å². The molecule has 13 heavy (non-hydrogen) atoms. The first kappa shape index (κ1) is 7.90. The van der Waals surface area contributed by atoms with E-state index in [9.17, 15) is 4.79 Å². The number of hydrogen-bond acceptors (Lipinski definition) is 4. The maximum atomic E-state index is 11.2. The molecule has 0 aliphatic heterocycles. The molecule has 2 aromatic rings. The van der Waals surface area contributed by atoms with Crippen molar-refractivity contribution >= 4 is 11.2 Å². The summed E-state index contributed by atoms with van der Waals surface area (Å²) in [5.41, 5.74) is 0.562. The van der Waals surface area contributed by atoms with Crippen LogP contribution >= 0.6 is 0 Å². The number of aromatic nitrogens is 5. The molecule has 2 heterocycles. The van der Waals surface area contributed by atoms with Gasteiger partial charge in [-0.25, -0.2) is 9.67 Å². The van der Waals surface area contributed by atoms with Gasteiger partial charge < -0.3 is 4.98 Å². The lowest BCUT2D eigenvalue weighted by Gasteiger charge is -2.02. The summed E-state index contributed by atoms with van der Waals surface area (Å²) in [7, 11) is 0. The van der Waals surface area contributed by atoms with Crippen molar-refractivity contribution in [3.8, 4) is 0 Å². The third-order valence-electron chi connectivity index (χ3n) is 1.76. The van der Waals surface area contributed by atoms with Crippen LogP contribution in [-0.2, 0) is 0 Å². The first-order chi connectivity index (χ1) is 6.20. The van der Waals surface area contributed by atoms with E-state index in [1.807, 2.05) is 13.8 Å². The van der Waals surface area contributed by atoms with Crippen molar-refractivity contribution in [1.29, 1.82) is 0 Å². The summed E-state index contributed by atoms with van der Waals surface area (Å²) in [6, 6.07) is 0.152. The Balaban J connectivity index is 2.83. The molecule has 0 atom stereocenters. The Morgan fingerprint density at radius 2 is 2.31 bits per heavy atom. The lowest BCUT2D eigenvalue weighted by Crippen LogP contribution is -2.08. The smallest absolute Gasteiger partial charge is 0.280 e. The molecule has 0 saturated carbocycles. The second-order valence-electron chi connectivity index (χ2n) is 3.03. The predicted octanol–water partition coefficient (Wildman–Crippen LogP) is 0.0955. The average Bonchev–Trinajstić information content (AvgIpc) is 2.48. The van der Waals surface area contributed by atoms with Gasteiger partial charge in [-0.1, -0.05) is 5.21 Å². The maximum Gasteiger partial charge on any atom is 0.280 e. The fourth-order valence-electron chi connectivity index (χ4n) is 1.12. The van der Waals surface area contributed by atoms with Crippen LogP contribution in [-0.4, -0.2) is 25.0 Å². The van der Waals surface area contributed by atoms with Crippen LogP contribution < -0.4 is 5.56 Å². The first-order valence-corrected chi connectivity index (χ1v) is 3.98. The van der Waals surface area contributed by atoms with Crippen molar-refractivity contribution in [2.75, 3.05) is 0 Å². The number of H-pyrrole nitrogens is 1. The van der Waals surface area contributed by atoms with Crippen LogP contribution in [0.4, 0.5) is 0 Å². The fraction of sp³-hybridized carbons (Fsp3) is 0.429. The van der Waals surface area contributed by atoms with E-state index in [0.29, 0.717) is 5.65 Å². The molecule has 0 saturated heterocycles. The van der Waals surface area contributed by atoms with Gasteiger partial charge in [-0.3, -0.25) is 4.79 Å². The number of nitrogens with zero attached hydrogens (tertiary/aromatic N) is 4. The summed E-state index contributed by atoms with van der Waals surface area (Å²) in [5.74, 6) is 0. The molecule has 0 aromatic carbocycles. The Morgan fingerprint density at radius 1 is 1.54 bits per heavy atom. The molecule has 0 bridgehead atoms. The zero-order valence-electron chi connectivity index (χ0n) is 7.35. The van der Waals surface area contributed by atoms with Crippen molar-refractivity contribution in [3.05, 3.63) is 16.7 Å². The predicted molar refractivity (Wildman–Crippen MR) is 46.3 cm³/mol. The van der Waals surface area contributed by atoms with Gasteiger partial charge in [0.05, 0.1) is 12.4 Å². The van der Waals surface area contributed by atoms with Gasteiger partial charge in [0.25, 0.3) is 5.56 Å². The highest BCUT2D eigenvalue weighted by Crippen LogP contribution is 2.07. The lowest BCUT2D eigenvalue weighted by molar-refractivity contribution is 0.526. The van der Waals surface area contributed by atoms with Gasteiger partial charge in [-0.15, -0.1) is 5.10 Å². The zero-order valence-corrected chi connectivity index (χ0v) is 7.35. The van der Waals surface area contributed by atoms with Crippen molar-refractivity contribution in [3.63, 3.8) is 0 Å². The molecule has 0 amide bonds. The largest absolute Gasteiger partial charge is 0.311 e. The second kappa shape index (κ2) is 2.65. The molecule has 0 aliphatic rings. The van der Waals surface area contributed by atoms with E-state index in [4.69, 9.17) is 0 Å². The third-order valence-corrected chi connectivity index (χ3v) is 1.76. The maximum absolute atomic E-state index is 11.2. The van der Waals surface area contributed by atoms with E-state index < -0.39 is 0 Å². The molecule has 0 radical (unpaired) electrons. The molecule has 1 N–H and O–H groups in total. The highest BCUT2D eigenvalue weighted by molar-refractivity contribution is 5.67. The third kappa shape index (κ3) is 1.10. The Hall–Kier alpha value is -1.72. The number of fused-ring (bicyclic) bond motifs is 1. The summed E-state index contributed by atoms with van der Waals surface area (Å²) < 4.78 is 1.62. The molecule has 68 valence electrons. The van der Waals surface area contributed by atoms with Crippen molar-refractivity contribution in [2.24, 2.45) is 0 Å². The highest BCUT2D eigenvalue weighted by Gasteiger charge is 2.10. The molecule has 0 aliphatic carbocycles. The Morgan fingerprint density at radius 3 is 3.00 bits per heavy atom. The van der Waals surface area contributed by atoms with E-state index in [1.165, 1.54) is 6.33 Å². The molecule has 6 nitrogen and oxygen atoms in total. The van der Waals surface area contributed by atoms with Gasteiger partial charge in [0.2, 0.25) is 0 Å². The van der Waals surface area contributed by atoms with Gasteiger partial charge in [0, 0.05) is 0 Å². The molecular weight excluding hydrogens is 170 g/mol. The minimum absolute atomic E-state index is 0.152. The molecular formula is C7H9N5O. The van der Waals surface area contributed by atoms with Crippen molar-refractivity contribution in [2.45, 2.75) is 19.9 Å². The highest BCUT2D eigenvalue weighted by atomic mass is 16.1. The second-order valence-corrected chi connectivity index (χ2v) is 3.03. The van der Waals surface area contributed by atoms with Crippen LogP contribution in [0.5, 0.6) is 0 Å². The minimum Gasteiger partial charge on any atom is -0.311 e. The topological polar surface area (TPSA) is 76.5 Å². The summed E-state index contributed by atoms with van der Waals surface area (Å²) in [4.78, 5) is 17.7. The first-order valence-electron chi connectivity index (χ1n) is 3.98. The summed E-state index contributed by atoms with van der Waals surface area (Å²) in [6.07, 6.45) is 1.35. The molecule has 6 heteroatoms. The minimum atomic E-state index is -0.253. The van der Waals surface area contributed by atoms with E-state index in [0.717, 1.165) is 0 Å². The van der Waals surface area contributed by atoms with Crippen LogP contribution in [0.15, 0.2) is 11.1 Å². The Bertz CT molecular complexity index is 483. The standard InChI is InChI=1S/C7H9N5O/c1-4(2)12-6-5(10-11-12)7(13)9-3-8-6/h3-4H,1-2H3,(H,8,9,13). The Kier molecular flexibility index (Phi) is 1.61. The molecule has 0 spiro atoms. The zero-order chi connectivity index (χ0) is 9.42. The number of rotatable bonds is 1. The molecule has 0 unspecified atom stereocenters. The quantitative estimate of drug-likeness (QED) is 0.673. The van der Waals surface area contributed by atoms with Gasteiger partial charge >= 0.3 is 0 Å². The fourth-order valence-corrected chi connectivity index (χ4v) is 1.12. The average molecular weight is 179 g/mol. The summed E-state index contributed by atoms with van der Waals surface area (Å²) in [5, 5.41) is 7.59. The van der Waals surface area contributed by atoms with Crippen molar-refractivity contribution in [1.82, 2.24) is 25.0 Å². The van der Waals surface area contributed by atoms with Crippen LogP contribution in [0.1, 0.15) is 19.9 Å².